The Bertz CT molecular complexity index is 682. The number of benzene rings is 1. The van der Waals surface area contributed by atoms with Gasteiger partial charge in [0.05, 0.1) is 6.61 Å². The van der Waals surface area contributed by atoms with E-state index in [1.807, 2.05) is 0 Å². The molecule has 1 aromatic heterocycles. The van der Waals surface area contributed by atoms with Gasteiger partial charge in [-0.3, -0.25) is 0 Å². The number of thiophene rings is 1. The Morgan fingerprint density at radius 3 is 2.70 bits per heavy atom. The van der Waals surface area contributed by atoms with Crippen LogP contribution in [0.4, 0.5) is 4.39 Å². The van der Waals surface area contributed by atoms with E-state index in [9.17, 15) is 12.8 Å². The maximum atomic E-state index is 13.0. The summed E-state index contributed by atoms with van der Waals surface area (Å²) in [6.45, 7) is 0.0155. The van der Waals surface area contributed by atoms with Crippen LogP contribution >= 0.6 is 11.3 Å². The van der Waals surface area contributed by atoms with Gasteiger partial charge < -0.3 is 5.11 Å². The molecule has 0 spiro atoms. The van der Waals surface area contributed by atoms with E-state index in [-0.39, 0.29) is 23.2 Å². The monoisotopic (exact) mass is 315 g/mol. The fraction of sp³-hybridized carbons (Fsp3) is 0.231. The maximum Gasteiger partial charge on any atom is 0.250 e. The number of aliphatic hydroxyl groups is 1. The van der Waals surface area contributed by atoms with Crippen LogP contribution in [0.5, 0.6) is 0 Å². The van der Waals surface area contributed by atoms with Gasteiger partial charge >= 0.3 is 0 Å². The van der Waals surface area contributed by atoms with Crippen molar-refractivity contribution < 1.29 is 17.9 Å². The molecule has 0 saturated carbocycles. The third kappa shape index (κ3) is 3.86. The molecule has 0 unspecified atom stereocenters. The number of nitrogens with one attached hydrogen (secondary N) is 1. The predicted octanol–water partition coefficient (Wildman–Crippen LogP) is 1.90. The van der Waals surface area contributed by atoms with E-state index in [2.05, 4.69) is 4.72 Å². The van der Waals surface area contributed by atoms with Crippen molar-refractivity contribution in [1.82, 2.24) is 4.72 Å². The molecule has 0 aliphatic rings. The lowest BCUT2D eigenvalue weighted by molar-refractivity contribution is 0.285. The van der Waals surface area contributed by atoms with Crippen molar-refractivity contribution in [2.75, 3.05) is 6.54 Å². The molecule has 0 amide bonds. The first-order valence-corrected chi connectivity index (χ1v) is 8.25. The van der Waals surface area contributed by atoms with E-state index < -0.39 is 10.0 Å². The Balaban J connectivity index is 1.96. The molecule has 4 nitrogen and oxygen atoms in total. The van der Waals surface area contributed by atoms with Crippen LogP contribution in [0.3, 0.4) is 0 Å². The van der Waals surface area contributed by atoms with Crippen LogP contribution in [0, 0.1) is 5.82 Å². The van der Waals surface area contributed by atoms with Gasteiger partial charge in [-0.15, -0.1) is 11.3 Å². The minimum absolute atomic E-state index is 0.167. The molecular weight excluding hydrogens is 301 g/mol. The van der Waals surface area contributed by atoms with Gasteiger partial charge in [-0.05, 0) is 36.2 Å². The normalized spacial score (nSPS) is 11.7. The quantitative estimate of drug-likeness (QED) is 0.855. The minimum atomic E-state index is -3.57. The zero-order valence-corrected chi connectivity index (χ0v) is 12.2. The van der Waals surface area contributed by atoms with Crippen molar-refractivity contribution >= 4 is 21.4 Å². The molecular formula is C13H14FNO3S2. The van der Waals surface area contributed by atoms with E-state index in [0.717, 1.165) is 16.9 Å². The number of hydrogen-bond donors (Lipinski definition) is 2. The smallest absolute Gasteiger partial charge is 0.250 e. The van der Waals surface area contributed by atoms with Gasteiger partial charge in [-0.2, -0.15) is 0 Å². The first kappa shape index (κ1) is 15.1. The van der Waals surface area contributed by atoms with Crippen LogP contribution in [0.25, 0.3) is 0 Å². The summed E-state index contributed by atoms with van der Waals surface area (Å²) in [5.74, 6) is -0.337. The number of sulfonamides is 1. The SMILES string of the molecule is O=S(=O)(NCCc1cccc(F)c1)c1ccc(CO)s1. The molecule has 2 rings (SSSR count). The van der Waals surface area contributed by atoms with Gasteiger partial charge in [0.25, 0.3) is 0 Å². The summed E-state index contributed by atoms with van der Waals surface area (Å²) in [6, 6.07) is 9.09. The Hall–Kier alpha value is -1.28. The van der Waals surface area contributed by atoms with Gasteiger partial charge in [-0.25, -0.2) is 17.5 Å². The highest BCUT2D eigenvalue weighted by Gasteiger charge is 2.15. The zero-order chi connectivity index (χ0) is 14.6. The summed E-state index contributed by atoms with van der Waals surface area (Å²) in [5, 5.41) is 8.93. The standard InChI is InChI=1S/C13H14FNO3S2/c14-11-3-1-2-10(8-11)6-7-15-20(17,18)13-5-4-12(9-16)19-13/h1-5,8,15-16H,6-7,9H2. The van der Waals surface area contributed by atoms with Crippen molar-refractivity contribution in [3.63, 3.8) is 0 Å². The third-order valence-corrected chi connectivity index (χ3v) is 5.68. The average Bonchev–Trinajstić information content (AvgIpc) is 2.88. The maximum absolute atomic E-state index is 13.0. The molecule has 108 valence electrons. The van der Waals surface area contributed by atoms with Crippen LogP contribution in [-0.4, -0.2) is 20.1 Å². The zero-order valence-electron chi connectivity index (χ0n) is 10.5. The van der Waals surface area contributed by atoms with Crippen LogP contribution in [-0.2, 0) is 23.1 Å². The summed E-state index contributed by atoms with van der Waals surface area (Å²) < 4.78 is 39.5. The highest BCUT2D eigenvalue weighted by Crippen LogP contribution is 2.21. The highest BCUT2D eigenvalue weighted by molar-refractivity contribution is 7.91. The first-order valence-electron chi connectivity index (χ1n) is 5.95. The summed E-state index contributed by atoms with van der Waals surface area (Å²) in [4.78, 5) is 0.593. The second-order valence-corrected chi connectivity index (χ2v) is 7.32. The van der Waals surface area contributed by atoms with E-state index in [1.54, 1.807) is 18.2 Å². The molecule has 0 atom stereocenters. The lowest BCUT2D eigenvalue weighted by Crippen LogP contribution is -2.25. The van der Waals surface area contributed by atoms with E-state index in [0.29, 0.717) is 11.3 Å². The minimum Gasteiger partial charge on any atom is -0.391 e. The third-order valence-electron chi connectivity index (χ3n) is 2.65. The van der Waals surface area contributed by atoms with Crippen molar-refractivity contribution in [2.45, 2.75) is 17.2 Å². The summed E-state index contributed by atoms with van der Waals surface area (Å²) in [6.07, 6.45) is 0.412. The Morgan fingerprint density at radius 2 is 2.05 bits per heavy atom. The predicted molar refractivity (Wildman–Crippen MR) is 75.5 cm³/mol. The molecule has 0 saturated heterocycles. The molecule has 0 aliphatic carbocycles. The number of rotatable bonds is 6. The molecule has 0 fully saturated rings. The van der Waals surface area contributed by atoms with Gasteiger partial charge in [0, 0.05) is 11.4 Å². The Morgan fingerprint density at radius 1 is 1.25 bits per heavy atom. The Labute approximate surface area is 120 Å². The Kier molecular flexibility index (Phi) is 4.87. The number of hydrogen-bond acceptors (Lipinski definition) is 4. The van der Waals surface area contributed by atoms with Crippen molar-refractivity contribution in [3.05, 3.63) is 52.7 Å². The fourth-order valence-electron chi connectivity index (χ4n) is 1.68. The molecule has 0 aliphatic heterocycles. The van der Waals surface area contributed by atoms with Crippen molar-refractivity contribution in [1.29, 1.82) is 0 Å². The molecule has 20 heavy (non-hydrogen) atoms. The van der Waals surface area contributed by atoms with Crippen molar-refractivity contribution in [2.24, 2.45) is 0 Å². The van der Waals surface area contributed by atoms with E-state index in [1.165, 1.54) is 18.2 Å². The largest absolute Gasteiger partial charge is 0.391 e. The number of halogens is 1. The summed E-state index contributed by atoms with van der Waals surface area (Å²) in [5.41, 5.74) is 0.731. The average molecular weight is 315 g/mol. The fourth-order valence-corrected chi connectivity index (χ4v) is 3.97. The van der Waals surface area contributed by atoms with Crippen LogP contribution < -0.4 is 4.72 Å². The van der Waals surface area contributed by atoms with Gasteiger partial charge in [0.2, 0.25) is 10.0 Å². The van der Waals surface area contributed by atoms with Crippen LogP contribution in [0.15, 0.2) is 40.6 Å². The van der Waals surface area contributed by atoms with Crippen LogP contribution in [0.1, 0.15) is 10.4 Å². The van der Waals surface area contributed by atoms with E-state index in [4.69, 9.17) is 5.11 Å². The number of aliphatic hydroxyl groups excluding tert-OH is 1. The lowest BCUT2D eigenvalue weighted by Gasteiger charge is -2.05. The summed E-state index contributed by atoms with van der Waals surface area (Å²) >= 11 is 1.03. The molecule has 1 heterocycles. The molecule has 0 bridgehead atoms. The van der Waals surface area contributed by atoms with E-state index >= 15 is 0 Å². The first-order chi connectivity index (χ1) is 9.51. The second-order valence-electron chi connectivity index (χ2n) is 4.16. The van der Waals surface area contributed by atoms with Crippen LogP contribution in [0.2, 0.25) is 0 Å². The topological polar surface area (TPSA) is 66.4 Å². The molecule has 0 radical (unpaired) electrons. The molecule has 1 aromatic carbocycles. The van der Waals surface area contributed by atoms with Gasteiger partial charge in [0.1, 0.15) is 10.0 Å². The summed E-state index contributed by atoms with van der Waals surface area (Å²) in [7, 11) is -3.57. The molecule has 2 aromatic rings. The molecule has 2 N–H and O–H groups in total. The molecule has 7 heteroatoms. The van der Waals surface area contributed by atoms with Gasteiger partial charge in [0.15, 0.2) is 0 Å². The second kappa shape index (κ2) is 6.45. The van der Waals surface area contributed by atoms with Crippen molar-refractivity contribution in [3.8, 4) is 0 Å². The highest BCUT2D eigenvalue weighted by atomic mass is 32.2. The van der Waals surface area contributed by atoms with Gasteiger partial charge in [-0.1, -0.05) is 12.1 Å². The lowest BCUT2D eigenvalue weighted by atomic mass is 10.1.